The number of hydrogen-bond acceptors (Lipinski definition) is 4. The lowest BCUT2D eigenvalue weighted by atomic mass is 10.0. The van der Waals surface area contributed by atoms with Crippen LogP contribution in [-0.4, -0.2) is 27.5 Å². The molecule has 3 aromatic rings. The Bertz CT molecular complexity index is 1210. The minimum atomic E-state index is -4.39. The van der Waals surface area contributed by atoms with Crippen molar-refractivity contribution in [3.63, 3.8) is 0 Å². The Morgan fingerprint density at radius 1 is 1.09 bits per heavy atom. The Balaban J connectivity index is 1.76. The summed E-state index contributed by atoms with van der Waals surface area (Å²) >= 11 is 0. The first-order valence-electron chi connectivity index (χ1n) is 11.4. The third kappa shape index (κ3) is 6.38. The van der Waals surface area contributed by atoms with Crippen LogP contribution < -0.4 is 4.74 Å². The molecule has 186 valence electrons. The van der Waals surface area contributed by atoms with Crippen LogP contribution in [0.15, 0.2) is 48.5 Å². The van der Waals surface area contributed by atoms with E-state index in [1.165, 1.54) is 12.1 Å². The molecule has 0 unspecified atom stereocenters. The molecule has 0 radical (unpaired) electrons. The van der Waals surface area contributed by atoms with E-state index in [9.17, 15) is 22.8 Å². The number of ketones is 1. The lowest BCUT2D eigenvalue weighted by molar-refractivity contribution is -0.137. The van der Waals surface area contributed by atoms with Crippen LogP contribution in [0.1, 0.15) is 67.3 Å². The molecular formula is C27H29F3N2O3. The van der Waals surface area contributed by atoms with Gasteiger partial charge in [0.2, 0.25) is 0 Å². The van der Waals surface area contributed by atoms with Crippen molar-refractivity contribution < 1.29 is 27.5 Å². The van der Waals surface area contributed by atoms with Crippen molar-refractivity contribution in [1.29, 1.82) is 0 Å². The Hall–Kier alpha value is -3.42. The number of rotatable bonds is 9. The number of ether oxygens (including phenoxy) is 1. The molecule has 3 rings (SSSR count). The van der Waals surface area contributed by atoms with Crippen LogP contribution in [0, 0.1) is 6.92 Å². The number of nitrogens with zero attached hydrogens (tertiary/aromatic N) is 2. The highest BCUT2D eigenvalue weighted by Crippen LogP contribution is 2.31. The SMILES string of the molecule is Cc1cc(C(=O)CCc2cc(-c3ccc(C(F)(F)F)cc3)nn2C(C)C)ccc1OC(C)(C)C=O. The maximum atomic E-state index is 12.9. The summed E-state index contributed by atoms with van der Waals surface area (Å²) in [5.74, 6) is 0.486. The zero-order valence-corrected chi connectivity index (χ0v) is 20.4. The normalized spacial score (nSPS) is 12.1. The summed E-state index contributed by atoms with van der Waals surface area (Å²) in [5.41, 5.74) is 1.58. The average Bonchev–Trinajstić information content (AvgIpc) is 3.23. The lowest BCUT2D eigenvalue weighted by Crippen LogP contribution is -2.30. The maximum absolute atomic E-state index is 12.9. The van der Waals surface area contributed by atoms with Gasteiger partial charge in [-0.3, -0.25) is 14.3 Å². The monoisotopic (exact) mass is 486 g/mol. The number of alkyl halides is 3. The molecule has 0 spiro atoms. The maximum Gasteiger partial charge on any atom is 0.416 e. The van der Waals surface area contributed by atoms with Gasteiger partial charge in [0.25, 0.3) is 0 Å². The zero-order valence-electron chi connectivity index (χ0n) is 20.4. The van der Waals surface area contributed by atoms with Crippen LogP contribution in [-0.2, 0) is 17.4 Å². The number of carbonyl (C=O) groups excluding carboxylic acids is 2. The smallest absolute Gasteiger partial charge is 0.416 e. The number of halogens is 3. The Kier molecular flexibility index (Phi) is 7.53. The van der Waals surface area contributed by atoms with Crippen molar-refractivity contribution in [2.45, 2.75) is 65.3 Å². The van der Waals surface area contributed by atoms with E-state index in [1.54, 1.807) is 36.7 Å². The Labute approximate surface area is 202 Å². The van der Waals surface area contributed by atoms with E-state index >= 15 is 0 Å². The number of benzene rings is 2. The fraction of sp³-hybridized carbons (Fsp3) is 0.370. The molecule has 8 heteroatoms. The summed E-state index contributed by atoms with van der Waals surface area (Å²) in [6, 6.07) is 11.8. The summed E-state index contributed by atoms with van der Waals surface area (Å²) in [4.78, 5) is 24.0. The number of aryl methyl sites for hydroxylation is 2. The number of aldehydes is 1. The predicted molar refractivity (Wildman–Crippen MR) is 128 cm³/mol. The predicted octanol–water partition coefficient (Wildman–Crippen LogP) is 6.63. The van der Waals surface area contributed by atoms with Crippen molar-refractivity contribution >= 4 is 12.1 Å². The fourth-order valence-corrected chi connectivity index (χ4v) is 3.67. The van der Waals surface area contributed by atoms with E-state index in [1.807, 2.05) is 26.8 Å². The first kappa shape index (κ1) is 26.2. The van der Waals surface area contributed by atoms with Crippen LogP contribution in [0.2, 0.25) is 0 Å². The minimum absolute atomic E-state index is 0.0168. The molecule has 0 fully saturated rings. The van der Waals surface area contributed by atoms with Crippen LogP contribution >= 0.6 is 0 Å². The first-order chi connectivity index (χ1) is 16.3. The van der Waals surface area contributed by atoms with Gasteiger partial charge in [-0.1, -0.05) is 12.1 Å². The van der Waals surface area contributed by atoms with Crippen molar-refractivity contribution in [3.8, 4) is 17.0 Å². The van der Waals surface area contributed by atoms with Gasteiger partial charge in [-0.05, 0) is 83.0 Å². The van der Waals surface area contributed by atoms with E-state index in [2.05, 4.69) is 5.10 Å². The quantitative estimate of drug-likeness (QED) is 0.252. The molecule has 1 aromatic heterocycles. The minimum Gasteiger partial charge on any atom is -0.480 e. The summed E-state index contributed by atoms with van der Waals surface area (Å²) in [7, 11) is 0. The molecular weight excluding hydrogens is 457 g/mol. The second-order valence-corrected chi connectivity index (χ2v) is 9.36. The van der Waals surface area contributed by atoms with Gasteiger partial charge in [0.05, 0.1) is 11.3 Å². The fourth-order valence-electron chi connectivity index (χ4n) is 3.67. The molecule has 35 heavy (non-hydrogen) atoms. The van der Waals surface area contributed by atoms with Crippen molar-refractivity contribution in [2.24, 2.45) is 0 Å². The average molecular weight is 487 g/mol. The summed E-state index contributed by atoms with van der Waals surface area (Å²) in [5, 5.41) is 4.57. The van der Waals surface area contributed by atoms with Crippen molar-refractivity contribution in [2.75, 3.05) is 0 Å². The molecule has 0 N–H and O–H groups in total. The van der Waals surface area contributed by atoms with Gasteiger partial charge in [0, 0.05) is 29.3 Å². The highest BCUT2D eigenvalue weighted by molar-refractivity contribution is 5.96. The molecule has 0 bridgehead atoms. The molecule has 0 saturated heterocycles. The third-order valence-corrected chi connectivity index (χ3v) is 5.57. The van der Waals surface area contributed by atoms with Crippen LogP contribution in [0.3, 0.4) is 0 Å². The van der Waals surface area contributed by atoms with E-state index < -0.39 is 17.3 Å². The molecule has 0 amide bonds. The number of Topliss-reactive ketones (excluding diaryl/α,β-unsaturated/α-hetero) is 1. The number of aromatic nitrogens is 2. The summed E-state index contributed by atoms with van der Waals surface area (Å²) in [6.07, 6.45) is -3.00. The van der Waals surface area contributed by atoms with E-state index in [0.29, 0.717) is 29.0 Å². The number of hydrogen-bond donors (Lipinski definition) is 0. The third-order valence-electron chi connectivity index (χ3n) is 5.57. The second kappa shape index (κ2) is 10.1. The largest absolute Gasteiger partial charge is 0.480 e. The molecule has 0 aliphatic heterocycles. The van der Waals surface area contributed by atoms with Gasteiger partial charge >= 0.3 is 6.18 Å². The Morgan fingerprint density at radius 3 is 2.29 bits per heavy atom. The summed E-state index contributed by atoms with van der Waals surface area (Å²) in [6.45, 7) is 9.05. The van der Waals surface area contributed by atoms with Gasteiger partial charge in [-0.15, -0.1) is 0 Å². The topological polar surface area (TPSA) is 61.2 Å². The lowest BCUT2D eigenvalue weighted by Gasteiger charge is -2.21. The molecule has 0 atom stereocenters. The van der Waals surface area contributed by atoms with Gasteiger partial charge in [0.1, 0.15) is 5.75 Å². The standard InChI is InChI=1S/C27H29F3N2O3/c1-17(2)32-22(15-23(31-32)19-6-9-21(10-7-19)27(28,29)30)11-12-24(34)20-8-13-25(18(3)14-20)35-26(4,5)16-33/h6-10,13-17H,11-12H2,1-5H3. The summed E-state index contributed by atoms with van der Waals surface area (Å²) < 4.78 is 46.1. The Morgan fingerprint density at radius 2 is 1.74 bits per heavy atom. The highest BCUT2D eigenvalue weighted by atomic mass is 19.4. The van der Waals surface area contributed by atoms with Gasteiger partial charge in [0.15, 0.2) is 17.7 Å². The molecule has 1 heterocycles. The molecule has 5 nitrogen and oxygen atoms in total. The van der Waals surface area contributed by atoms with E-state index in [0.717, 1.165) is 29.7 Å². The van der Waals surface area contributed by atoms with Crippen LogP contribution in [0.25, 0.3) is 11.3 Å². The van der Waals surface area contributed by atoms with Crippen molar-refractivity contribution in [1.82, 2.24) is 9.78 Å². The van der Waals surface area contributed by atoms with Gasteiger partial charge in [-0.25, -0.2) is 0 Å². The molecule has 0 aliphatic carbocycles. The van der Waals surface area contributed by atoms with E-state index in [4.69, 9.17) is 4.74 Å². The van der Waals surface area contributed by atoms with Crippen molar-refractivity contribution in [3.05, 3.63) is 70.9 Å². The van der Waals surface area contributed by atoms with Gasteiger partial charge < -0.3 is 4.74 Å². The van der Waals surface area contributed by atoms with Crippen LogP contribution in [0.4, 0.5) is 13.2 Å². The highest BCUT2D eigenvalue weighted by Gasteiger charge is 2.30. The first-order valence-corrected chi connectivity index (χ1v) is 11.4. The van der Waals surface area contributed by atoms with E-state index in [-0.39, 0.29) is 18.2 Å². The zero-order chi connectivity index (χ0) is 26.0. The second-order valence-electron chi connectivity index (χ2n) is 9.36. The molecule has 0 saturated carbocycles. The molecule has 2 aromatic carbocycles. The van der Waals surface area contributed by atoms with Crippen LogP contribution in [0.5, 0.6) is 5.75 Å². The molecule has 0 aliphatic rings. The number of carbonyl (C=O) groups is 2. The van der Waals surface area contributed by atoms with Gasteiger partial charge in [-0.2, -0.15) is 18.3 Å².